The van der Waals surface area contributed by atoms with Crippen LogP contribution < -0.4 is 20.5 Å². The van der Waals surface area contributed by atoms with Crippen LogP contribution in [0, 0.1) is 0 Å². The molecule has 1 unspecified atom stereocenters. The topological polar surface area (TPSA) is 56.5 Å². The van der Waals surface area contributed by atoms with Gasteiger partial charge in [-0.15, -0.1) is 0 Å². The Balaban J connectivity index is 2.29. The van der Waals surface area contributed by atoms with Gasteiger partial charge in [-0.3, -0.25) is 0 Å². The number of rotatable bonds is 9. The molecule has 0 aliphatic heterocycles. The Morgan fingerprint density at radius 2 is 1.89 bits per heavy atom. The predicted octanol–water partition coefficient (Wildman–Crippen LogP) is 1.96. The quantitative estimate of drug-likeness (QED) is 0.671. The van der Waals surface area contributed by atoms with E-state index in [-0.39, 0.29) is 0 Å². The van der Waals surface area contributed by atoms with Gasteiger partial charge in [0.25, 0.3) is 0 Å². The van der Waals surface area contributed by atoms with Crippen LogP contribution in [-0.4, -0.2) is 33.4 Å². The Labute approximate surface area is 116 Å². The van der Waals surface area contributed by atoms with Crippen molar-refractivity contribution in [3.63, 3.8) is 0 Å². The van der Waals surface area contributed by atoms with Gasteiger partial charge in [0.05, 0.1) is 14.2 Å². The largest absolute Gasteiger partial charge is 0.493 e. The van der Waals surface area contributed by atoms with Gasteiger partial charge in [-0.2, -0.15) is 0 Å². The van der Waals surface area contributed by atoms with E-state index in [1.165, 1.54) is 5.56 Å². The fourth-order valence-electron chi connectivity index (χ4n) is 1.94. The molecule has 0 saturated carbocycles. The molecule has 1 aromatic carbocycles. The van der Waals surface area contributed by atoms with Crippen molar-refractivity contribution in [1.29, 1.82) is 0 Å². The number of methoxy groups -OCH3 is 2. The first kappa shape index (κ1) is 15.8. The first-order valence-corrected chi connectivity index (χ1v) is 6.84. The summed E-state index contributed by atoms with van der Waals surface area (Å²) >= 11 is 0. The van der Waals surface area contributed by atoms with E-state index < -0.39 is 0 Å². The number of benzene rings is 1. The highest BCUT2D eigenvalue weighted by molar-refractivity contribution is 5.42. The van der Waals surface area contributed by atoms with Gasteiger partial charge >= 0.3 is 0 Å². The molecule has 1 aromatic rings. The lowest BCUT2D eigenvalue weighted by molar-refractivity contribution is 0.354. The van der Waals surface area contributed by atoms with Crippen molar-refractivity contribution in [3.8, 4) is 11.5 Å². The van der Waals surface area contributed by atoms with E-state index in [1.807, 2.05) is 19.1 Å². The fourth-order valence-corrected chi connectivity index (χ4v) is 1.94. The molecule has 0 aromatic heterocycles. The minimum Gasteiger partial charge on any atom is -0.493 e. The number of hydrogen-bond acceptors (Lipinski definition) is 4. The molecule has 0 spiro atoms. The fraction of sp³-hybridized carbons (Fsp3) is 0.600. The van der Waals surface area contributed by atoms with Gasteiger partial charge in [0.2, 0.25) is 0 Å². The maximum absolute atomic E-state index is 5.70. The Morgan fingerprint density at radius 1 is 1.16 bits per heavy atom. The van der Waals surface area contributed by atoms with Crippen molar-refractivity contribution >= 4 is 0 Å². The van der Waals surface area contributed by atoms with E-state index in [0.29, 0.717) is 6.04 Å². The van der Waals surface area contributed by atoms with Gasteiger partial charge in [0.1, 0.15) is 0 Å². The monoisotopic (exact) mass is 266 g/mol. The Bertz CT molecular complexity index is 367. The summed E-state index contributed by atoms with van der Waals surface area (Å²) < 4.78 is 10.5. The SMILES string of the molecule is COc1ccc(CCNCCCC(C)N)cc1OC. The summed E-state index contributed by atoms with van der Waals surface area (Å²) in [6.07, 6.45) is 3.19. The van der Waals surface area contributed by atoms with Crippen LogP contribution in [0.1, 0.15) is 25.3 Å². The molecule has 0 fully saturated rings. The van der Waals surface area contributed by atoms with Crippen LogP contribution in [0.3, 0.4) is 0 Å². The second-order valence-corrected chi connectivity index (χ2v) is 4.81. The van der Waals surface area contributed by atoms with Crippen molar-refractivity contribution in [1.82, 2.24) is 5.32 Å². The molecule has 0 heterocycles. The van der Waals surface area contributed by atoms with Crippen LogP contribution in [0.2, 0.25) is 0 Å². The molecule has 4 heteroatoms. The second-order valence-electron chi connectivity index (χ2n) is 4.81. The lowest BCUT2D eigenvalue weighted by Crippen LogP contribution is -2.21. The highest BCUT2D eigenvalue weighted by Crippen LogP contribution is 2.27. The molecule has 4 nitrogen and oxygen atoms in total. The maximum Gasteiger partial charge on any atom is 0.160 e. The minimum absolute atomic E-state index is 0.299. The molecule has 0 amide bonds. The van der Waals surface area contributed by atoms with E-state index >= 15 is 0 Å². The number of nitrogens with two attached hydrogens (primary N) is 1. The van der Waals surface area contributed by atoms with Crippen molar-refractivity contribution in [2.45, 2.75) is 32.2 Å². The van der Waals surface area contributed by atoms with Crippen molar-refractivity contribution in [2.24, 2.45) is 5.73 Å². The third-order valence-corrected chi connectivity index (χ3v) is 3.05. The molecule has 1 atom stereocenters. The molecule has 0 aliphatic rings. The molecule has 0 bridgehead atoms. The smallest absolute Gasteiger partial charge is 0.160 e. The normalized spacial score (nSPS) is 12.2. The standard InChI is InChI=1S/C15H26N2O2/c1-12(16)5-4-9-17-10-8-13-6-7-14(18-2)15(11-13)19-3/h6-7,11-12,17H,4-5,8-10,16H2,1-3H3. The minimum atomic E-state index is 0.299. The Morgan fingerprint density at radius 3 is 2.53 bits per heavy atom. The van der Waals surface area contributed by atoms with Gasteiger partial charge in [-0.1, -0.05) is 6.07 Å². The van der Waals surface area contributed by atoms with Crippen LogP contribution >= 0.6 is 0 Å². The first-order chi connectivity index (χ1) is 9.17. The second kappa shape index (κ2) is 8.77. The van der Waals surface area contributed by atoms with Crippen LogP contribution in [-0.2, 0) is 6.42 Å². The zero-order valence-electron chi connectivity index (χ0n) is 12.2. The highest BCUT2D eigenvalue weighted by Gasteiger charge is 2.04. The molecular formula is C15H26N2O2. The van der Waals surface area contributed by atoms with Crippen LogP contribution in [0.4, 0.5) is 0 Å². The van der Waals surface area contributed by atoms with Crippen molar-refractivity contribution in [2.75, 3.05) is 27.3 Å². The number of nitrogens with one attached hydrogen (secondary N) is 1. The van der Waals surface area contributed by atoms with Gasteiger partial charge in [-0.25, -0.2) is 0 Å². The van der Waals surface area contributed by atoms with Gasteiger partial charge in [-0.05, 0) is 57.0 Å². The predicted molar refractivity (Wildman–Crippen MR) is 79.0 cm³/mol. The molecule has 0 radical (unpaired) electrons. The van der Waals surface area contributed by atoms with Crippen molar-refractivity contribution in [3.05, 3.63) is 23.8 Å². The highest BCUT2D eigenvalue weighted by atomic mass is 16.5. The summed E-state index contributed by atoms with van der Waals surface area (Å²) in [5, 5.41) is 3.43. The van der Waals surface area contributed by atoms with Crippen LogP contribution in [0.15, 0.2) is 18.2 Å². The summed E-state index contributed by atoms with van der Waals surface area (Å²) in [6.45, 7) is 4.03. The van der Waals surface area contributed by atoms with Crippen LogP contribution in [0.25, 0.3) is 0 Å². The summed E-state index contributed by atoms with van der Waals surface area (Å²) in [6, 6.07) is 6.35. The van der Waals surface area contributed by atoms with E-state index in [2.05, 4.69) is 11.4 Å². The molecule has 108 valence electrons. The summed E-state index contributed by atoms with van der Waals surface area (Å²) in [7, 11) is 3.31. The van der Waals surface area contributed by atoms with E-state index in [4.69, 9.17) is 15.2 Å². The van der Waals surface area contributed by atoms with Gasteiger partial charge in [0.15, 0.2) is 11.5 Å². The molecule has 0 saturated heterocycles. The third-order valence-electron chi connectivity index (χ3n) is 3.05. The maximum atomic E-state index is 5.70. The molecule has 0 aliphatic carbocycles. The zero-order valence-corrected chi connectivity index (χ0v) is 12.2. The lowest BCUT2D eigenvalue weighted by Gasteiger charge is -2.10. The molecule has 3 N–H and O–H groups in total. The van der Waals surface area contributed by atoms with Gasteiger partial charge < -0.3 is 20.5 Å². The summed E-state index contributed by atoms with van der Waals surface area (Å²) in [4.78, 5) is 0. The Hall–Kier alpha value is -1.26. The van der Waals surface area contributed by atoms with E-state index in [0.717, 1.165) is 43.9 Å². The number of ether oxygens (including phenoxy) is 2. The van der Waals surface area contributed by atoms with Gasteiger partial charge in [0, 0.05) is 6.04 Å². The first-order valence-electron chi connectivity index (χ1n) is 6.84. The molecule has 19 heavy (non-hydrogen) atoms. The van der Waals surface area contributed by atoms with E-state index in [9.17, 15) is 0 Å². The third kappa shape index (κ3) is 5.94. The van der Waals surface area contributed by atoms with Crippen LogP contribution in [0.5, 0.6) is 11.5 Å². The average molecular weight is 266 g/mol. The molecular weight excluding hydrogens is 240 g/mol. The number of hydrogen-bond donors (Lipinski definition) is 2. The Kier molecular flexibility index (Phi) is 7.30. The summed E-state index contributed by atoms with van der Waals surface area (Å²) in [5.41, 5.74) is 6.95. The molecule has 1 rings (SSSR count). The zero-order chi connectivity index (χ0) is 14.1. The van der Waals surface area contributed by atoms with Crippen molar-refractivity contribution < 1.29 is 9.47 Å². The summed E-state index contributed by atoms with van der Waals surface area (Å²) in [5.74, 6) is 1.56. The van der Waals surface area contributed by atoms with E-state index in [1.54, 1.807) is 14.2 Å². The lowest BCUT2D eigenvalue weighted by atomic mass is 10.1. The average Bonchev–Trinajstić information content (AvgIpc) is 2.42.